The Bertz CT molecular complexity index is 618. The van der Waals surface area contributed by atoms with Crippen molar-refractivity contribution in [1.29, 1.82) is 0 Å². The molecule has 0 spiro atoms. The highest BCUT2D eigenvalue weighted by Gasteiger charge is 2.18. The predicted molar refractivity (Wildman–Crippen MR) is 70.5 cm³/mol. The van der Waals surface area contributed by atoms with E-state index in [0.717, 1.165) is 18.4 Å². The van der Waals surface area contributed by atoms with Gasteiger partial charge in [-0.05, 0) is 59.8 Å². The zero-order valence-electron chi connectivity index (χ0n) is 10.3. The van der Waals surface area contributed by atoms with E-state index in [1.165, 1.54) is 34.6 Å². The maximum absolute atomic E-state index is 13.1. The number of aromatic nitrogens is 1. The van der Waals surface area contributed by atoms with E-state index in [-0.39, 0.29) is 0 Å². The van der Waals surface area contributed by atoms with Crippen LogP contribution >= 0.6 is 0 Å². The standard InChI is InChI=1S/C16H14FN/c1-11-8-13-4-2-3-5-14(13)15(11)9-12-6-7-18-16(17)10-12/h3-8,10H,2,9H2,1H3. The highest BCUT2D eigenvalue weighted by atomic mass is 19.1. The largest absolute Gasteiger partial charge is 0.228 e. The topological polar surface area (TPSA) is 12.9 Å². The summed E-state index contributed by atoms with van der Waals surface area (Å²) in [6.45, 7) is 2.12. The quantitative estimate of drug-likeness (QED) is 0.713. The first-order valence-corrected chi connectivity index (χ1v) is 6.13. The van der Waals surface area contributed by atoms with Crippen LogP contribution in [0.5, 0.6) is 0 Å². The van der Waals surface area contributed by atoms with Crippen LogP contribution in [0.3, 0.4) is 0 Å². The summed E-state index contributed by atoms with van der Waals surface area (Å²) in [6.07, 6.45) is 12.1. The first-order valence-electron chi connectivity index (χ1n) is 6.13. The molecule has 0 fully saturated rings. The second kappa shape index (κ2) is 4.37. The summed E-state index contributed by atoms with van der Waals surface area (Å²) in [5, 5.41) is 0. The van der Waals surface area contributed by atoms with Crippen LogP contribution in [0.4, 0.5) is 4.39 Å². The molecule has 0 aromatic carbocycles. The van der Waals surface area contributed by atoms with Crippen LogP contribution in [-0.4, -0.2) is 4.98 Å². The van der Waals surface area contributed by atoms with Crippen molar-refractivity contribution in [1.82, 2.24) is 4.98 Å². The van der Waals surface area contributed by atoms with Crippen molar-refractivity contribution in [2.24, 2.45) is 0 Å². The van der Waals surface area contributed by atoms with Crippen molar-refractivity contribution in [3.8, 4) is 0 Å². The van der Waals surface area contributed by atoms with Crippen molar-refractivity contribution >= 4 is 0 Å². The van der Waals surface area contributed by atoms with Gasteiger partial charge in [0.2, 0.25) is 5.95 Å². The Kier molecular flexibility index (Phi) is 2.71. The molecule has 0 radical (unpaired) electrons. The Labute approximate surface area is 106 Å². The number of fused-ring (bicyclic) bond motifs is 1. The van der Waals surface area contributed by atoms with E-state index in [1.807, 2.05) is 6.07 Å². The van der Waals surface area contributed by atoms with Crippen molar-refractivity contribution < 1.29 is 4.39 Å². The molecule has 0 bridgehead atoms. The number of nitrogens with zero attached hydrogens (tertiary/aromatic N) is 1. The summed E-state index contributed by atoms with van der Waals surface area (Å²) in [5.41, 5.74) is 6.14. The maximum atomic E-state index is 13.1. The molecule has 18 heavy (non-hydrogen) atoms. The van der Waals surface area contributed by atoms with Crippen LogP contribution in [0.25, 0.3) is 0 Å². The van der Waals surface area contributed by atoms with E-state index in [9.17, 15) is 4.39 Å². The molecule has 1 aromatic heterocycles. The SMILES string of the molecule is CC1=CC2=CCC=CC2=C1Cc1ccnc(F)c1. The van der Waals surface area contributed by atoms with Gasteiger partial charge < -0.3 is 0 Å². The lowest BCUT2D eigenvalue weighted by Gasteiger charge is -2.09. The Morgan fingerprint density at radius 1 is 1.39 bits per heavy atom. The molecule has 0 amide bonds. The van der Waals surface area contributed by atoms with Crippen molar-refractivity contribution in [2.75, 3.05) is 0 Å². The monoisotopic (exact) mass is 239 g/mol. The molecule has 2 heteroatoms. The number of rotatable bonds is 2. The molecule has 0 saturated carbocycles. The van der Waals surface area contributed by atoms with Gasteiger partial charge in [-0.25, -0.2) is 4.98 Å². The van der Waals surface area contributed by atoms with Crippen LogP contribution in [0.1, 0.15) is 18.9 Å². The summed E-state index contributed by atoms with van der Waals surface area (Å²) in [7, 11) is 0. The fourth-order valence-corrected chi connectivity index (χ4v) is 2.52. The van der Waals surface area contributed by atoms with Gasteiger partial charge in [0.1, 0.15) is 0 Å². The molecule has 0 N–H and O–H groups in total. The van der Waals surface area contributed by atoms with E-state index < -0.39 is 5.95 Å². The third-order valence-electron chi connectivity index (χ3n) is 3.41. The first-order chi connectivity index (χ1) is 8.74. The Balaban J connectivity index is 1.97. The lowest BCUT2D eigenvalue weighted by Crippen LogP contribution is -1.96. The van der Waals surface area contributed by atoms with Crippen LogP contribution in [0, 0.1) is 5.95 Å². The molecule has 0 saturated heterocycles. The predicted octanol–water partition coefficient (Wildman–Crippen LogP) is 3.91. The molecule has 3 rings (SSSR count). The molecule has 0 unspecified atom stereocenters. The number of halogens is 1. The fraction of sp³-hybridized carbons (Fsp3) is 0.188. The van der Waals surface area contributed by atoms with Crippen molar-refractivity contribution in [2.45, 2.75) is 19.8 Å². The van der Waals surface area contributed by atoms with Gasteiger partial charge in [0.25, 0.3) is 0 Å². The normalized spacial score (nSPS) is 17.7. The van der Waals surface area contributed by atoms with E-state index in [0.29, 0.717) is 0 Å². The molecule has 1 nitrogen and oxygen atoms in total. The van der Waals surface area contributed by atoms with E-state index in [4.69, 9.17) is 0 Å². The van der Waals surface area contributed by atoms with Crippen LogP contribution in [0.2, 0.25) is 0 Å². The van der Waals surface area contributed by atoms with Crippen LogP contribution in [0.15, 0.2) is 64.9 Å². The molecule has 1 aromatic rings. The fourth-order valence-electron chi connectivity index (χ4n) is 2.52. The van der Waals surface area contributed by atoms with E-state index in [2.05, 4.69) is 36.2 Å². The molecule has 0 aliphatic heterocycles. The maximum Gasteiger partial charge on any atom is 0.213 e. The Morgan fingerprint density at radius 3 is 3.11 bits per heavy atom. The van der Waals surface area contributed by atoms with Gasteiger partial charge >= 0.3 is 0 Å². The molecule has 0 atom stereocenters. The van der Waals surface area contributed by atoms with E-state index >= 15 is 0 Å². The number of allylic oxidation sites excluding steroid dienone is 8. The minimum Gasteiger partial charge on any atom is -0.228 e. The third-order valence-corrected chi connectivity index (χ3v) is 3.41. The van der Waals surface area contributed by atoms with Gasteiger partial charge in [-0.2, -0.15) is 4.39 Å². The van der Waals surface area contributed by atoms with Crippen molar-refractivity contribution in [3.05, 3.63) is 76.4 Å². The molecule has 90 valence electrons. The molecular formula is C16H14FN. The number of hydrogen-bond donors (Lipinski definition) is 0. The summed E-state index contributed by atoms with van der Waals surface area (Å²) in [6, 6.07) is 3.38. The van der Waals surface area contributed by atoms with Gasteiger partial charge in [-0.15, -0.1) is 0 Å². The summed E-state index contributed by atoms with van der Waals surface area (Å²) in [5.74, 6) is -0.410. The summed E-state index contributed by atoms with van der Waals surface area (Å²) < 4.78 is 13.1. The summed E-state index contributed by atoms with van der Waals surface area (Å²) >= 11 is 0. The minimum atomic E-state index is -0.410. The highest BCUT2D eigenvalue weighted by Crippen LogP contribution is 2.35. The zero-order chi connectivity index (χ0) is 12.5. The van der Waals surface area contributed by atoms with E-state index in [1.54, 1.807) is 0 Å². The van der Waals surface area contributed by atoms with Gasteiger partial charge in [-0.1, -0.05) is 24.3 Å². The number of pyridine rings is 1. The molecule has 2 aliphatic rings. The molecule has 1 heterocycles. The lowest BCUT2D eigenvalue weighted by atomic mass is 9.95. The molecule has 2 aliphatic carbocycles. The van der Waals surface area contributed by atoms with Gasteiger partial charge in [0.05, 0.1) is 0 Å². The Morgan fingerprint density at radius 2 is 2.28 bits per heavy atom. The number of hydrogen-bond acceptors (Lipinski definition) is 1. The first kappa shape index (κ1) is 11.1. The minimum absolute atomic E-state index is 0.410. The third kappa shape index (κ3) is 1.94. The lowest BCUT2D eigenvalue weighted by molar-refractivity contribution is 0.582. The van der Waals surface area contributed by atoms with Crippen LogP contribution < -0.4 is 0 Å². The zero-order valence-corrected chi connectivity index (χ0v) is 10.3. The second-order valence-corrected chi connectivity index (χ2v) is 4.68. The highest BCUT2D eigenvalue weighted by molar-refractivity contribution is 5.64. The smallest absolute Gasteiger partial charge is 0.213 e. The summed E-state index contributed by atoms with van der Waals surface area (Å²) in [4.78, 5) is 3.59. The van der Waals surface area contributed by atoms with Gasteiger partial charge in [0.15, 0.2) is 0 Å². The average molecular weight is 239 g/mol. The van der Waals surface area contributed by atoms with Crippen molar-refractivity contribution in [3.63, 3.8) is 0 Å². The second-order valence-electron chi connectivity index (χ2n) is 4.68. The van der Waals surface area contributed by atoms with Gasteiger partial charge in [-0.3, -0.25) is 0 Å². The molecular weight excluding hydrogens is 225 g/mol. The Hall–Kier alpha value is -1.96. The average Bonchev–Trinajstić information content (AvgIpc) is 2.66. The van der Waals surface area contributed by atoms with Gasteiger partial charge in [0, 0.05) is 6.20 Å². The van der Waals surface area contributed by atoms with Crippen LogP contribution in [-0.2, 0) is 6.42 Å².